The highest BCUT2D eigenvalue weighted by atomic mass is 31.0. The van der Waals surface area contributed by atoms with E-state index < -0.39 is 40.3 Å². The van der Waals surface area contributed by atoms with E-state index in [1.165, 1.54) is 0 Å². The Morgan fingerprint density at radius 3 is 1.82 bits per heavy atom. The van der Waals surface area contributed by atoms with Gasteiger partial charge in [-0.1, -0.05) is 23.1 Å². The van der Waals surface area contributed by atoms with Crippen LogP contribution in [0.2, 0.25) is 0 Å². The molecular formula is C10H11F4O2P. The van der Waals surface area contributed by atoms with Crippen molar-refractivity contribution in [3.05, 3.63) is 23.3 Å². The van der Waals surface area contributed by atoms with Gasteiger partial charge in [-0.25, -0.2) is 13.2 Å². The molecule has 0 radical (unpaired) electrons. The third-order valence-corrected chi connectivity index (χ3v) is 2.02. The lowest BCUT2D eigenvalue weighted by Gasteiger charge is -2.08. The van der Waals surface area contributed by atoms with Gasteiger partial charge in [0.1, 0.15) is 0 Å². The molecule has 2 nitrogen and oxygen atoms in total. The van der Waals surface area contributed by atoms with Gasteiger partial charge in [-0.05, 0) is 0 Å². The molecule has 0 N–H and O–H groups in total. The van der Waals surface area contributed by atoms with Crippen molar-refractivity contribution in [1.29, 1.82) is 0 Å². The van der Waals surface area contributed by atoms with E-state index in [0.717, 1.165) is 6.92 Å². The number of hydrogen-bond donors (Lipinski definition) is 0. The van der Waals surface area contributed by atoms with Crippen molar-refractivity contribution in [1.82, 2.24) is 0 Å². The molecule has 17 heavy (non-hydrogen) atoms. The van der Waals surface area contributed by atoms with E-state index in [0.29, 0.717) is 0 Å². The molecule has 0 heterocycles. The van der Waals surface area contributed by atoms with Crippen LogP contribution in [0.4, 0.5) is 17.6 Å². The van der Waals surface area contributed by atoms with Gasteiger partial charge in [0.15, 0.2) is 17.4 Å². The summed E-state index contributed by atoms with van der Waals surface area (Å²) in [6.45, 7) is 4.92. The van der Waals surface area contributed by atoms with Gasteiger partial charge in [-0.3, -0.25) is 4.79 Å². The monoisotopic (exact) mass is 270 g/mol. The first-order chi connectivity index (χ1) is 7.86. The van der Waals surface area contributed by atoms with Crippen LogP contribution >= 0.6 is 9.24 Å². The minimum Gasteiger partial charge on any atom is -0.423 e. The van der Waals surface area contributed by atoms with Crippen molar-refractivity contribution in [3.63, 3.8) is 0 Å². The topological polar surface area (TPSA) is 26.3 Å². The van der Waals surface area contributed by atoms with Crippen molar-refractivity contribution in [2.45, 2.75) is 20.8 Å². The average Bonchev–Trinajstić information content (AvgIpc) is 2.32. The van der Waals surface area contributed by atoms with Crippen LogP contribution in [-0.2, 0) is 4.79 Å². The van der Waals surface area contributed by atoms with Crippen LogP contribution in [0.5, 0.6) is 5.75 Å². The normalized spacial score (nSPS) is 9.41. The molecule has 1 rings (SSSR count). The molecule has 0 aromatic heterocycles. The Labute approximate surface area is 98.2 Å². The maximum Gasteiger partial charge on any atom is 0.308 e. The first-order valence-electron chi connectivity index (χ1n) is 4.66. The summed E-state index contributed by atoms with van der Waals surface area (Å²) in [5, 5.41) is -0.679. The summed E-state index contributed by atoms with van der Waals surface area (Å²) in [5.74, 6) is -9.26. The number of rotatable bonds is 1. The van der Waals surface area contributed by atoms with Crippen LogP contribution in [-0.4, -0.2) is 5.97 Å². The second-order valence-electron chi connectivity index (χ2n) is 2.59. The smallest absolute Gasteiger partial charge is 0.308 e. The van der Waals surface area contributed by atoms with Crippen molar-refractivity contribution < 1.29 is 27.1 Å². The molecule has 0 bridgehead atoms. The number of carbonyl (C=O) groups is 1. The van der Waals surface area contributed by atoms with Crippen molar-refractivity contribution in [2.75, 3.05) is 0 Å². The summed E-state index contributed by atoms with van der Waals surface area (Å²) in [4.78, 5) is 10.5. The van der Waals surface area contributed by atoms with Gasteiger partial charge in [0.05, 0.1) is 5.30 Å². The summed E-state index contributed by atoms with van der Waals surface area (Å²) in [6.07, 6.45) is 0. The standard InChI is InChI=1S/C8H5F4O2P.C2H6/c1-2(13)14-7-5(11)3(9)4(10)6(12)8(7)15;1-2/h15H2,1H3;1-2H3. The molecule has 0 aliphatic rings. The van der Waals surface area contributed by atoms with Crippen molar-refractivity contribution >= 4 is 20.5 Å². The summed E-state index contributed by atoms with van der Waals surface area (Å²) in [6, 6.07) is 0. The van der Waals surface area contributed by atoms with E-state index in [1.807, 2.05) is 13.8 Å². The molecule has 1 aromatic rings. The Bertz CT molecular complexity index is 406. The molecule has 1 atom stereocenters. The predicted octanol–water partition coefficient (Wildman–Crippen LogP) is 2.69. The Hall–Kier alpha value is -1.16. The van der Waals surface area contributed by atoms with Crippen molar-refractivity contribution in [2.24, 2.45) is 0 Å². The number of benzene rings is 1. The quantitative estimate of drug-likeness (QED) is 0.196. The van der Waals surface area contributed by atoms with Gasteiger partial charge in [0, 0.05) is 6.92 Å². The van der Waals surface area contributed by atoms with Crippen molar-refractivity contribution in [3.8, 4) is 5.75 Å². The summed E-state index contributed by atoms with van der Waals surface area (Å²) >= 11 is 0. The summed E-state index contributed by atoms with van der Waals surface area (Å²) in [5.41, 5.74) is 0. The molecule has 96 valence electrons. The van der Waals surface area contributed by atoms with E-state index >= 15 is 0 Å². The second kappa shape index (κ2) is 6.55. The number of halogens is 4. The molecule has 0 aliphatic heterocycles. The molecule has 0 spiro atoms. The van der Waals surface area contributed by atoms with Crippen LogP contribution < -0.4 is 10.0 Å². The lowest BCUT2D eigenvalue weighted by atomic mass is 10.3. The lowest BCUT2D eigenvalue weighted by Crippen LogP contribution is -2.16. The molecule has 0 amide bonds. The van der Waals surface area contributed by atoms with Crippen LogP contribution in [0.3, 0.4) is 0 Å². The molecular weight excluding hydrogens is 259 g/mol. The molecule has 1 unspecified atom stereocenters. The van der Waals surface area contributed by atoms with Gasteiger partial charge < -0.3 is 4.74 Å². The van der Waals surface area contributed by atoms with Gasteiger partial charge in [0.25, 0.3) is 0 Å². The Balaban J connectivity index is 0.00000121. The summed E-state index contributed by atoms with van der Waals surface area (Å²) in [7, 11) is 1.63. The van der Waals surface area contributed by atoms with E-state index in [1.54, 1.807) is 9.24 Å². The maximum atomic E-state index is 13.0. The van der Waals surface area contributed by atoms with E-state index in [2.05, 4.69) is 4.74 Å². The Morgan fingerprint density at radius 2 is 1.41 bits per heavy atom. The lowest BCUT2D eigenvalue weighted by molar-refractivity contribution is -0.132. The minimum absolute atomic E-state index is 0.679. The highest BCUT2D eigenvalue weighted by molar-refractivity contribution is 7.27. The van der Waals surface area contributed by atoms with Gasteiger partial charge in [0.2, 0.25) is 11.6 Å². The number of esters is 1. The Morgan fingerprint density at radius 1 is 1.00 bits per heavy atom. The first-order valence-corrected chi connectivity index (χ1v) is 5.23. The third-order valence-electron chi connectivity index (χ3n) is 1.50. The average molecular weight is 270 g/mol. The fourth-order valence-corrected chi connectivity index (χ4v) is 1.18. The SMILES string of the molecule is CC.CC(=O)Oc1c(F)c(F)c(F)c(F)c1P. The molecule has 0 saturated heterocycles. The zero-order valence-electron chi connectivity index (χ0n) is 9.41. The van der Waals surface area contributed by atoms with Gasteiger partial charge >= 0.3 is 5.97 Å². The van der Waals surface area contributed by atoms with Crippen LogP contribution in [0.15, 0.2) is 0 Å². The largest absolute Gasteiger partial charge is 0.423 e. The Kier molecular flexibility index (Phi) is 6.10. The molecule has 7 heteroatoms. The summed E-state index contributed by atoms with van der Waals surface area (Å²) < 4.78 is 55.4. The first kappa shape index (κ1) is 15.8. The number of ether oxygens (including phenoxy) is 1. The zero-order valence-corrected chi connectivity index (χ0v) is 10.6. The van der Waals surface area contributed by atoms with Gasteiger partial charge in [-0.2, -0.15) is 4.39 Å². The number of carbonyl (C=O) groups excluding carboxylic acids is 1. The van der Waals surface area contributed by atoms with Gasteiger partial charge in [-0.15, -0.1) is 0 Å². The van der Waals surface area contributed by atoms with E-state index in [4.69, 9.17) is 0 Å². The van der Waals surface area contributed by atoms with E-state index in [-0.39, 0.29) is 0 Å². The van der Waals surface area contributed by atoms with E-state index in [9.17, 15) is 22.4 Å². The molecule has 0 aliphatic carbocycles. The molecule has 1 aromatic carbocycles. The van der Waals surface area contributed by atoms with Crippen LogP contribution in [0, 0.1) is 23.3 Å². The minimum atomic E-state index is -2.02. The number of hydrogen-bond acceptors (Lipinski definition) is 2. The van der Waals surface area contributed by atoms with Crippen LogP contribution in [0.1, 0.15) is 20.8 Å². The predicted molar refractivity (Wildman–Crippen MR) is 58.3 cm³/mol. The highest BCUT2D eigenvalue weighted by Gasteiger charge is 2.25. The highest BCUT2D eigenvalue weighted by Crippen LogP contribution is 2.24. The van der Waals surface area contributed by atoms with Crippen LogP contribution in [0.25, 0.3) is 0 Å². The fourth-order valence-electron chi connectivity index (χ4n) is 0.872. The maximum absolute atomic E-state index is 13.0. The fraction of sp³-hybridized carbons (Fsp3) is 0.300. The molecule has 0 saturated carbocycles. The zero-order chi connectivity index (χ0) is 13.7. The molecule has 0 fully saturated rings. The third kappa shape index (κ3) is 3.40. The second-order valence-corrected chi connectivity index (χ2v) is 3.17.